The first kappa shape index (κ1) is 32.3. The number of ketones is 2. The first-order valence-corrected chi connectivity index (χ1v) is 13.9. The number of esters is 1. The van der Waals surface area contributed by atoms with Crippen LogP contribution in [-0.2, 0) is 35.0 Å². The number of hydrogen-bond acceptors (Lipinski definition) is 11. The fourth-order valence-corrected chi connectivity index (χ4v) is 6.28. The molecule has 1 heterocycles. The molecule has 2 aromatic rings. The molecule has 12 nitrogen and oxygen atoms in total. The molecule has 15 heteroatoms. The summed E-state index contributed by atoms with van der Waals surface area (Å²) in [5.41, 5.74) is -3.25. The van der Waals surface area contributed by atoms with E-state index < -0.39 is 108 Å². The minimum Gasteiger partial charge on any atom is -0.507 e. The van der Waals surface area contributed by atoms with Crippen LogP contribution in [0, 0.1) is 0 Å². The van der Waals surface area contributed by atoms with Crippen LogP contribution in [-0.4, -0.2) is 88.8 Å². The molecule has 0 aromatic heterocycles. The molecule has 4 N–H and O–H groups in total. The van der Waals surface area contributed by atoms with Gasteiger partial charge in [-0.15, -0.1) is 0 Å². The highest BCUT2D eigenvalue weighted by Gasteiger charge is 2.49. The van der Waals surface area contributed by atoms with E-state index in [4.69, 9.17) is 18.9 Å². The summed E-state index contributed by atoms with van der Waals surface area (Å²) < 4.78 is 61.4. The minimum absolute atomic E-state index is 0.00679. The van der Waals surface area contributed by atoms with Crippen molar-refractivity contribution in [3.63, 3.8) is 0 Å². The number of nitrogens with one attached hydrogen (secondary N) is 1. The van der Waals surface area contributed by atoms with E-state index in [0.717, 1.165) is 6.92 Å². The van der Waals surface area contributed by atoms with Crippen LogP contribution >= 0.6 is 0 Å². The molecule has 242 valence electrons. The number of aliphatic hydroxyl groups is 1. The van der Waals surface area contributed by atoms with Crippen molar-refractivity contribution in [3.05, 3.63) is 57.6 Å². The molecule has 5 rings (SSSR count). The average Bonchev–Trinajstić information content (AvgIpc) is 2.96. The van der Waals surface area contributed by atoms with Gasteiger partial charge in [0.05, 0.1) is 29.4 Å². The fourth-order valence-electron chi connectivity index (χ4n) is 6.28. The number of ether oxygens (including phenoxy) is 4. The van der Waals surface area contributed by atoms with Crippen LogP contribution in [0.5, 0.6) is 11.5 Å². The maximum absolute atomic E-state index is 13.5. The van der Waals surface area contributed by atoms with Gasteiger partial charge in [-0.2, -0.15) is 13.2 Å². The third-order valence-corrected chi connectivity index (χ3v) is 8.23. The summed E-state index contributed by atoms with van der Waals surface area (Å²) in [4.78, 5) is 50.3. The van der Waals surface area contributed by atoms with Crippen molar-refractivity contribution < 1.29 is 66.6 Å². The first-order valence-electron chi connectivity index (χ1n) is 13.9. The van der Waals surface area contributed by atoms with E-state index in [2.05, 4.69) is 0 Å². The zero-order valence-electron chi connectivity index (χ0n) is 24.3. The molecule has 0 unspecified atom stereocenters. The van der Waals surface area contributed by atoms with E-state index in [0.29, 0.717) is 0 Å². The highest BCUT2D eigenvalue weighted by atomic mass is 19.4. The van der Waals surface area contributed by atoms with E-state index >= 15 is 0 Å². The van der Waals surface area contributed by atoms with Crippen molar-refractivity contribution in [1.29, 1.82) is 0 Å². The number of alkyl halides is 3. The lowest BCUT2D eigenvalue weighted by Crippen LogP contribution is -2.58. The van der Waals surface area contributed by atoms with Gasteiger partial charge in [-0.25, -0.2) is 0 Å². The highest BCUT2D eigenvalue weighted by molar-refractivity contribution is 6.30. The predicted octanol–water partition coefficient (Wildman–Crippen LogP) is 2.37. The van der Waals surface area contributed by atoms with Crippen molar-refractivity contribution in [2.45, 2.75) is 75.5 Å². The minimum atomic E-state index is -5.18. The Labute approximate surface area is 254 Å². The van der Waals surface area contributed by atoms with Gasteiger partial charge in [0.1, 0.15) is 29.8 Å². The van der Waals surface area contributed by atoms with Gasteiger partial charge < -0.3 is 39.6 Å². The molecular weight excluding hydrogens is 607 g/mol. The van der Waals surface area contributed by atoms with Crippen LogP contribution in [0.2, 0.25) is 0 Å². The average molecular weight is 638 g/mol. The number of amides is 1. The summed E-state index contributed by atoms with van der Waals surface area (Å²) in [7, 11) is 1.23. The molecule has 3 aliphatic rings. The van der Waals surface area contributed by atoms with Gasteiger partial charge in [-0.3, -0.25) is 19.2 Å². The fraction of sp³-hybridized carbons (Fsp3) is 0.467. The summed E-state index contributed by atoms with van der Waals surface area (Å²) in [6.07, 6.45) is -11.1. The summed E-state index contributed by atoms with van der Waals surface area (Å²) in [6, 6.07) is 4.57. The number of phenolic OH excluding ortho intramolecular Hbond substituents is 2. The number of carbonyl (C=O) groups excluding carboxylic acids is 4. The first-order chi connectivity index (χ1) is 21.1. The number of methoxy groups -OCH3 is 1. The van der Waals surface area contributed by atoms with Crippen LogP contribution in [0.15, 0.2) is 24.3 Å². The molecule has 0 bridgehead atoms. The second-order valence-corrected chi connectivity index (χ2v) is 11.3. The molecule has 0 spiro atoms. The van der Waals surface area contributed by atoms with Crippen LogP contribution in [0.25, 0.3) is 0 Å². The van der Waals surface area contributed by atoms with Crippen LogP contribution in [0.4, 0.5) is 13.2 Å². The number of halogens is 3. The molecule has 0 radical (unpaired) electrons. The zero-order valence-corrected chi connectivity index (χ0v) is 24.3. The van der Waals surface area contributed by atoms with Crippen molar-refractivity contribution in [1.82, 2.24) is 5.32 Å². The van der Waals surface area contributed by atoms with Crippen molar-refractivity contribution in [2.75, 3.05) is 13.7 Å². The number of fused-ring (bicyclic) bond motifs is 3. The van der Waals surface area contributed by atoms with E-state index in [-0.39, 0.29) is 28.7 Å². The van der Waals surface area contributed by atoms with Gasteiger partial charge in [-0.1, -0.05) is 24.3 Å². The van der Waals surface area contributed by atoms with Crippen LogP contribution in [0.1, 0.15) is 75.8 Å². The van der Waals surface area contributed by atoms with Gasteiger partial charge in [-0.05, 0) is 6.92 Å². The van der Waals surface area contributed by atoms with E-state index in [9.17, 15) is 47.7 Å². The third-order valence-electron chi connectivity index (χ3n) is 8.23. The Morgan fingerprint density at radius 1 is 1.09 bits per heavy atom. The second kappa shape index (κ2) is 11.7. The number of aromatic hydroxyl groups is 2. The number of phenols is 2. The summed E-state index contributed by atoms with van der Waals surface area (Å²) >= 11 is 0. The standard InChI is InChI=1S/C30H30F3NO11/c1-12-27(42-3)17(34-28(40)30(31,32)33)8-19(44-12)45-18-10-29(41,11-43-13(2)35)9-16-20(18)26(39)22-21(25(16)38)23(36)14-6-4-5-7-15(14)24(22)37/h4-7,12,17-19,27,38-39,41H,8-11H2,1-3H3,(H,34,40)/t12-,17-,18-,19-,27+,29-/m0/s1. The molecule has 45 heavy (non-hydrogen) atoms. The normalized spacial score (nSPS) is 27.7. The van der Waals surface area contributed by atoms with Crippen molar-refractivity contribution in [3.8, 4) is 11.5 Å². The smallest absolute Gasteiger partial charge is 0.471 e. The van der Waals surface area contributed by atoms with Gasteiger partial charge in [0, 0.05) is 55.5 Å². The lowest BCUT2D eigenvalue weighted by molar-refractivity contribution is -0.255. The zero-order chi connectivity index (χ0) is 33.0. The molecule has 0 saturated carbocycles. The van der Waals surface area contributed by atoms with Crippen LogP contribution < -0.4 is 5.32 Å². The molecule has 1 fully saturated rings. The molecule has 1 aliphatic heterocycles. The summed E-state index contributed by atoms with van der Waals surface area (Å²) in [5, 5.41) is 36.3. The molecular formula is C30H30F3NO11. The number of carbonyl (C=O) groups is 4. The highest BCUT2D eigenvalue weighted by Crippen LogP contribution is 2.52. The number of hydrogen-bond donors (Lipinski definition) is 4. The molecule has 6 atom stereocenters. The number of rotatable bonds is 6. The van der Waals surface area contributed by atoms with E-state index in [1.54, 1.807) is 0 Å². The Hall–Kier alpha value is -4.05. The van der Waals surface area contributed by atoms with Gasteiger partial charge in [0.25, 0.3) is 0 Å². The monoisotopic (exact) mass is 637 g/mol. The molecule has 1 amide bonds. The quantitative estimate of drug-likeness (QED) is 0.230. The number of benzene rings is 2. The Bertz CT molecular complexity index is 1580. The van der Waals surface area contributed by atoms with Gasteiger partial charge in [0.2, 0.25) is 0 Å². The Morgan fingerprint density at radius 3 is 2.24 bits per heavy atom. The lowest BCUT2D eigenvalue weighted by Gasteiger charge is -2.44. The van der Waals surface area contributed by atoms with Gasteiger partial charge in [0.15, 0.2) is 17.9 Å². The third kappa shape index (κ3) is 5.88. The Kier molecular flexibility index (Phi) is 8.42. The Balaban J connectivity index is 1.57. The SMILES string of the molecule is CO[C@H]1[C@@H](NC(=O)C(F)(F)F)C[C@H](O[C@H]2C[C@](O)(COC(C)=O)Cc3c(O)c4c(c(O)c32)C(=O)c2ccccc2C4=O)O[C@H]1C. The molecule has 1 saturated heterocycles. The predicted molar refractivity (Wildman–Crippen MR) is 145 cm³/mol. The summed E-state index contributed by atoms with van der Waals surface area (Å²) in [6.45, 7) is 1.99. The molecule has 2 aromatic carbocycles. The largest absolute Gasteiger partial charge is 0.507 e. The maximum Gasteiger partial charge on any atom is 0.471 e. The van der Waals surface area contributed by atoms with Crippen molar-refractivity contribution in [2.24, 2.45) is 0 Å². The van der Waals surface area contributed by atoms with Crippen molar-refractivity contribution >= 4 is 23.4 Å². The second-order valence-electron chi connectivity index (χ2n) is 11.3. The maximum atomic E-state index is 13.5. The summed E-state index contributed by atoms with van der Waals surface area (Å²) in [5.74, 6) is -5.85. The molecule has 2 aliphatic carbocycles. The topological polar surface area (TPSA) is 178 Å². The Morgan fingerprint density at radius 2 is 1.69 bits per heavy atom. The van der Waals surface area contributed by atoms with E-state index in [1.165, 1.54) is 38.3 Å². The van der Waals surface area contributed by atoms with E-state index in [1.807, 2.05) is 5.32 Å². The van der Waals surface area contributed by atoms with Crippen LogP contribution in [0.3, 0.4) is 0 Å². The lowest BCUT2D eigenvalue weighted by atomic mass is 9.73. The van der Waals surface area contributed by atoms with Gasteiger partial charge >= 0.3 is 18.1 Å².